The fourth-order valence-electron chi connectivity index (χ4n) is 3.04. The number of aryl methyl sites for hydroxylation is 1. The first-order valence-corrected chi connectivity index (χ1v) is 9.38. The summed E-state index contributed by atoms with van der Waals surface area (Å²) in [5, 5.41) is 18.0. The molecule has 0 atom stereocenters. The number of hydrogen-bond donors (Lipinski definition) is 1. The molecule has 0 radical (unpaired) electrons. The number of carbonyl (C=O) groups excluding carboxylic acids is 1. The van der Waals surface area contributed by atoms with E-state index in [0.717, 1.165) is 11.1 Å². The fourth-order valence-corrected chi connectivity index (χ4v) is 3.04. The van der Waals surface area contributed by atoms with Crippen LogP contribution in [0.3, 0.4) is 0 Å². The second-order valence-corrected chi connectivity index (χ2v) is 6.80. The van der Waals surface area contributed by atoms with Crippen molar-refractivity contribution in [1.29, 1.82) is 0 Å². The molecule has 1 amide bonds. The van der Waals surface area contributed by atoms with Crippen molar-refractivity contribution in [2.75, 3.05) is 5.32 Å². The minimum absolute atomic E-state index is 0.102. The third-order valence-corrected chi connectivity index (χ3v) is 4.66. The molecule has 9 nitrogen and oxygen atoms in total. The highest BCUT2D eigenvalue weighted by molar-refractivity contribution is 6.05. The molecule has 0 saturated heterocycles. The van der Waals surface area contributed by atoms with Gasteiger partial charge in [-0.2, -0.15) is 4.98 Å². The quantitative estimate of drug-likeness (QED) is 0.370. The van der Waals surface area contributed by atoms with Crippen molar-refractivity contribution in [3.8, 4) is 11.4 Å². The Balaban J connectivity index is 1.54. The number of amides is 1. The molecule has 0 aliphatic carbocycles. The third kappa shape index (κ3) is 4.45. The lowest BCUT2D eigenvalue weighted by molar-refractivity contribution is -0.385. The van der Waals surface area contributed by atoms with E-state index in [4.69, 9.17) is 4.52 Å². The third-order valence-electron chi connectivity index (χ3n) is 4.66. The van der Waals surface area contributed by atoms with Crippen LogP contribution < -0.4 is 5.32 Å². The molecule has 9 heteroatoms. The highest BCUT2D eigenvalue weighted by Crippen LogP contribution is 2.23. The van der Waals surface area contributed by atoms with E-state index in [0.29, 0.717) is 29.4 Å². The molecule has 0 spiro atoms. The summed E-state index contributed by atoms with van der Waals surface area (Å²) in [4.78, 5) is 31.8. The minimum Gasteiger partial charge on any atom is -0.339 e. The molecule has 0 bridgehead atoms. The number of nitro benzene ring substituents is 1. The fraction of sp³-hybridized carbons (Fsp3) is 0.0909. The van der Waals surface area contributed by atoms with Gasteiger partial charge in [0, 0.05) is 40.8 Å². The van der Waals surface area contributed by atoms with E-state index >= 15 is 0 Å². The van der Waals surface area contributed by atoms with E-state index in [1.807, 2.05) is 18.2 Å². The SMILES string of the molecule is Cc1ccc(C(=O)Nc2ccccc2Cc2nc(-c3cccnc3)no2)cc1[N+](=O)[O-]. The summed E-state index contributed by atoms with van der Waals surface area (Å²) in [5.74, 6) is 0.361. The van der Waals surface area contributed by atoms with Crippen LogP contribution in [0.15, 0.2) is 71.5 Å². The van der Waals surface area contributed by atoms with Crippen molar-refractivity contribution in [2.24, 2.45) is 0 Å². The highest BCUT2D eigenvalue weighted by Gasteiger charge is 2.17. The van der Waals surface area contributed by atoms with Crippen molar-refractivity contribution >= 4 is 17.3 Å². The maximum Gasteiger partial charge on any atom is 0.273 e. The Morgan fingerprint density at radius 3 is 2.77 bits per heavy atom. The first kappa shape index (κ1) is 19.9. The van der Waals surface area contributed by atoms with E-state index in [2.05, 4.69) is 20.4 Å². The molecule has 0 unspecified atom stereocenters. The van der Waals surface area contributed by atoms with E-state index in [-0.39, 0.29) is 11.3 Å². The smallest absolute Gasteiger partial charge is 0.273 e. The number of nitrogens with zero attached hydrogens (tertiary/aromatic N) is 4. The first-order chi connectivity index (χ1) is 15.0. The summed E-state index contributed by atoms with van der Waals surface area (Å²) in [6, 6.07) is 15.2. The highest BCUT2D eigenvalue weighted by atomic mass is 16.6. The monoisotopic (exact) mass is 415 g/mol. The Morgan fingerprint density at radius 2 is 2.00 bits per heavy atom. The van der Waals surface area contributed by atoms with Gasteiger partial charge < -0.3 is 9.84 Å². The summed E-state index contributed by atoms with van der Waals surface area (Å²) >= 11 is 0. The van der Waals surface area contributed by atoms with Crippen molar-refractivity contribution in [1.82, 2.24) is 15.1 Å². The van der Waals surface area contributed by atoms with E-state index in [1.165, 1.54) is 6.07 Å². The van der Waals surface area contributed by atoms with Gasteiger partial charge in [-0.05, 0) is 36.8 Å². The standard InChI is InChI=1S/C22H17N5O4/c1-14-8-9-16(11-19(14)27(29)30)22(28)24-18-7-3-2-5-15(18)12-20-25-21(26-31-20)17-6-4-10-23-13-17/h2-11,13H,12H2,1H3,(H,24,28). The van der Waals surface area contributed by atoms with Gasteiger partial charge in [-0.3, -0.25) is 19.9 Å². The maximum absolute atomic E-state index is 12.7. The lowest BCUT2D eigenvalue weighted by atomic mass is 10.1. The first-order valence-electron chi connectivity index (χ1n) is 9.38. The predicted molar refractivity (Wildman–Crippen MR) is 113 cm³/mol. The van der Waals surface area contributed by atoms with Crippen molar-refractivity contribution in [2.45, 2.75) is 13.3 Å². The topological polar surface area (TPSA) is 124 Å². The number of pyridine rings is 1. The zero-order valence-electron chi connectivity index (χ0n) is 16.5. The molecule has 0 aliphatic rings. The molecule has 31 heavy (non-hydrogen) atoms. The van der Waals surface area contributed by atoms with Gasteiger partial charge in [0.2, 0.25) is 11.7 Å². The maximum atomic E-state index is 12.7. The number of nitrogens with one attached hydrogen (secondary N) is 1. The van der Waals surface area contributed by atoms with Gasteiger partial charge in [0.05, 0.1) is 11.3 Å². The number of hydrogen-bond acceptors (Lipinski definition) is 7. The number of aromatic nitrogens is 3. The molecule has 0 aliphatic heterocycles. The van der Waals surface area contributed by atoms with E-state index < -0.39 is 10.8 Å². The zero-order chi connectivity index (χ0) is 21.8. The minimum atomic E-state index is -0.504. The largest absolute Gasteiger partial charge is 0.339 e. The molecule has 2 heterocycles. The summed E-state index contributed by atoms with van der Waals surface area (Å²) in [6.07, 6.45) is 3.60. The lowest BCUT2D eigenvalue weighted by Crippen LogP contribution is -2.14. The van der Waals surface area contributed by atoms with Crippen LogP contribution in [-0.2, 0) is 6.42 Å². The van der Waals surface area contributed by atoms with E-state index in [9.17, 15) is 14.9 Å². The Hall–Kier alpha value is -4.40. The van der Waals surface area contributed by atoms with Gasteiger partial charge >= 0.3 is 0 Å². The van der Waals surface area contributed by atoms with E-state index in [1.54, 1.807) is 49.6 Å². The number of benzene rings is 2. The van der Waals surface area contributed by atoms with Crippen LogP contribution in [0.2, 0.25) is 0 Å². The number of rotatable bonds is 6. The molecular weight excluding hydrogens is 398 g/mol. The van der Waals surface area contributed by atoms with Gasteiger partial charge in [0.15, 0.2) is 0 Å². The van der Waals surface area contributed by atoms with Crippen LogP contribution in [0, 0.1) is 17.0 Å². The van der Waals surface area contributed by atoms with Crippen molar-refractivity contribution < 1.29 is 14.2 Å². The van der Waals surface area contributed by atoms with Gasteiger partial charge in [-0.15, -0.1) is 0 Å². The second-order valence-electron chi connectivity index (χ2n) is 6.80. The summed E-state index contributed by atoms with van der Waals surface area (Å²) < 4.78 is 5.35. The zero-order valence-corrected chi connectivity index (χ0v) is 16.5. The Labute approximate surface area is 176 Å². The summed E-state index contributed by atoms with van der Waals surface area (Å²) in [6.45, 7) is 1.62. The molecule has 0 fully saturated rings. The second kappa shape index (κ2) is 8.54. The Morgan fingerprint density at radius 1 is 1.16 bits per heavy atom. The van der Waals surface area contributed by atoms with Gasteiger partial charge in [0.25, 0.3) is 11.6 Å². The average Bonchev–Trinajstić information content (AvgIpc) is 3.24. The normalized spacial score (nSPS) is 10.6. The predicted octanol–water partition coefficient (Wildman–Crippen LogP) is 4.19. The van der Waals surface area contributed by atoms with Crippen molar-refractivity contribution in [3.63, 3.8) is 0 Å². The number of anilines is 1. The van der Waals surface area contributed by atoms with Gasteiger partial charge in [0.1, 0.15) is 0 Å². The van der Waals surface area contributed by atoms with Crippen LogP contribution in [-0.4, -0.2) is 26.0 Å². The molecule has 4 aromatic rings. The van der Waals surface area contributed by atoms with Crippen LogP contribution in [0.1, 0.15) is 27.4 Å². The molecule has 4 rings (SSSR count). The molecule has 154 valence electrons. The van der Waals surface area contributed by atoms with Crippen LogP contribution in [0.5, 0.6) is 0 Å². The number of nitro groups is 1. The Bertz CT molecular complexity index is 1250. The average molecular weight is 415 g/mol. The van der Waals surface area contributed by atoms with Crippen molar-refractivity contribution in [3.05, 3.63) is 99.7 Å². The molecule has 1 N–H and O–H groups in total. The molecule has 0 saturated carbocycles. The summed E-state index contributed by atoms with van der Waals surface area (Å²) in [5.41, 5.74) is 2.64. The number of carbonyl (C=O) groups is 1. The van der Waals surface area contributed by atoms with Crippen LogP contribution in [0.25, 0.3) is 11.4 Å². The van der Waals surface area contributed by atoms with Gasteiger partial charge in [-0.1, -0.05) is 29.4 Å². The molecule has 2 aromatic heterocycles. The molecular formula is C22H17N5O4. The Kier molecular flexibility index (Phi) is 5.48. The lowest BCUT2D eigenvalue weighted by Gasteiger charge is -2.10. The van der Waals surface area contributed by atoms with Crippen LogP contribution in [0.4, 0.5) is 11.4 Å². The van der Waals surface area contributed by atoms with Crippen LogP contribution >= 0.6 is 0 Å². The van der Waals surface area contributed by atoms with Gasteiger partial charge in [-0.25, -0.2) is 0 Å². The summed E-state index contributed by atoms with van der Waals surface area (Å²) in [7, 11) is 0. The molecule has 2 aromatic carbocycles. The number of para-hydroxylation sites is 1.